The fourth-order valence-electron chi connectivity index (χ4n) is 1.69. The second-order valence-electron chi connectivity index (χ2n) is 4.93. The Morgan fingerprint density at radius 3 is 2.86 bits per heavy atom. The molecular formula is C17H17ClN2OS. The molecule has 0 bridgehead atoms. The molecule has 1 aromatic carbocycles. The highest BCUT2D eigenvalue weighted by atomic mass is 35.5. The molecule has 2 aromatic rings. The van der Waals surface area contributed by atoms with Gasteiger partial charge in [0.05, 0.1) is 5.02 Å². The van der Waals surface area contributed by atoms with Crippen LogP contribution in [0, 0.1) is 0 Å². The monoisotopic (exact) mass is 332 g/mol. The van der Waals surface area contributed by atoms with Crippen LogP contribution in [-0.2, 0) is 0 Å². The lowest BCUT2D eigenvalue weighted by Gasteiger charge is -2.11. The Hall–Kier alpha value is -1.91. The molecule has 22 heavy (non-hydrogen) atoms. The predicted octanol–water partition coefficient (Wildman–Crippen LogP) is 4.87. The van der Waals surface area contributed by atoms with E-state index in [2.05, 4.69) is 10.3 Å². The number of hydrogen-bond acceptors (Lipinski definition) is 3. The Balaban J connectivity index is 2.09. The third-order valence-electron chi connectivity index (χ3n) is 2.84. The Morgan fingerprint density at radius 1 is 1.36 bits per heavy atom. The first-order valence-electron chi connectivity index (χ1n) is 6.83. The van der Waals surface area contributed by atoms with Gasteiger partial charge in [0.15, 0.2) is 0 Å². The first-order chi connectivity index (χ1) is 10.6. The van der Waals surface area contributed by atoms with E-state index in [1.807, 2.05) is 44.2 Å². The molecule has 3 nitrogen and oxygen atoms in total. The van der Waals surface area contributed by atoms with E-state index in [1.165, 1.54) is 5.57 Å². The van der Waals surface area contributed by atoms with Crippen LogP contribution < -0.4 is 10.1 Å². The van der Waals surface area contributed by atoms with Crippen LogP contribution in [0.5, 0.6) is 5.75 Å². The van der Waals surface area contributed by atoms with Gasteiger partial charge in [0, 0.05) is 29.7 Å². The summed E-state index contributed by atoms with van der Waals surface area (Å²) in [6.45, 7) is 4.53. The SMILES string of the molecule is CC(C)=CCOc1cc(NC(=S)c2cccnc2)ccc1Cl. The molecule has 1 heterocycles. The van der Waals surface area contributed by atoms with Crippen LogP contribution in [0.1, 0.15) is 19.4 Å². The van der Waals surface area contributed by atoms with Gasteiger partial charge in [-0.05, 0) is 44.2 Å². The Bertz CT molecular complexity index is 682. The molecule has 5 heteroatoms. The summed E-state index contributed by atoms with van der Waals surface area (Å²) in [4.78, 5) is 4.66. The van der Waals surface area contributed by atoms with Crippen molar-refractivity contribution in [1.29, 1.82) is 0 Å². The largest absolute Gasteiger partial charge is 0.488 e. The molecule has 0 aliphatic rings. The van der Waals surface area contributed by atoms with Gasteiger partial charge < -0.3 is 10.1 Å². The highest BCUT2D eigenvalue weighted by molar-refractivity contribution is 7.81. The van der Waals surface area contributed by atoms with Crippen molar-refractivity contribution in [1.82, 2.24) is 4.98 Å². The summed E-state index contributed by atoms with van der Waals surface area (Å²) in [6.07, 6.45) is 5.43. The second-order valence-corrected chi connectivity index (χ2v) is 5.75. The lowest BCUT2D eigenvalue weighted by molar-refractivity contribution is 0.362. The zero-order valence-corrected chi connectivity index (χ0v) is 14.0. The third kappa shape index (κ3) is 4.83. The molecule has 0 fully saturated rings. The second kappa shape index (κ2) is 7.92. The third-order valence-corrected chi connectivity index (χ3v) is 3.49. The summed E-state index contributed by atoms with van der Waals surface area (Å²) in [5.74, 6) is 0.623. The standard InChI is InChI=1S/C17H17ClN2OS/c1-12(2)7-9-21-16-10-14(5-6-15(16)18)20-17(22)13-4-3-8-19-11-13/h3-8,10-11H,9H2,1-2H3,(H,20,22). The molecule has 0 spiro atoms. The molecule has 0 saturated carbocycles. The molecule has 0 aliphatic heterocycles. The van der Waals surface area contributed by atoms with Crippen LogP contribution in [0.15, 0.2) is 54.4 Å². The molecule has 114 valence electrons. The minimum Gasteiger partial charge on any atom is -0.488 e. The van der Waals surface area contributed by atoms with Gasteiger partial charge in [0.2, 0.25) is 0 Å². The van der Waals surface area contributed by atoms with Crippen LogP contribution in [0.3, 0.4) is 0 Å². The molecule has 0 saturated heterocycles. The normalized spacial score (nSPS) is 9.95. The van der Waals surface area contributed by atoms with Crippen molar-refractivity contribution in [3.8, 4) is 5.75 Å². The number of ether oxygens (including phenoxy) is 1. The number of allylic oxidation sites excluding steroid dienone is 1. The van der Waals surface area contributed by atoms with Gasteiger partial charge in [-0.1, -0.05) is 29.4 Å². The van der Waals surface area contributed by atoms with E-state index in [-0.39, 0.29) is 0 Å². The lowest BCUT2D eigenvalue weighted by atomic mass is 10.2. The van der Waals surface area contributed by atoms with Crippen molar-refractivity contribution in [2.45, 2.75) is 13.8 Å². The van der Waals surface area contributed by atoms with Gasteiger partial charge in [-0.3, -0.25) is 4.98 Å². The van der Waals surface area contributed by atoms with E-state index in [9.17, 15) is 0 Å². The average Bonchev–Trinajstić information content (AvgIpc) is 2.51. The fourth-order valence-corrected chi connectivity index (χ4v) is 2.10. The highest BCUT2D eigenvalue weighted by Gasteiger charge is 2.06. The molecule has 0 amide bonds. The number of anilines is 1. The Labute approximate surface area is 141 Å². The van der Waals surface area contributed by atoms with Gasteiger partial charge in [0.1, 0.15) is 17.3 Å². The molecule has 0 unspecified atom stereocenters. The summed E-state index contributed by atoms with van der Waals surface area (Å²) in [5, 5.41) is 3.73. The zero-order chi connectivity index (χ0) is 15.9. The lowest BCUT2D eigenvalue weighted by Crippen LogP contribution is -2.10. The van der Waals surface area contributed by atoms with Gasteiger partial charge in [-0.15, -0.1) is 0 Å². The summed E-state index contributed by atoms with van der Waals surface area (Å²) in [5.41, 5.74) is 2.88. The molecular weight excluding hydrogens is 316 g/mol. The maximum Gasteiger partial charge on any atom is 0.140 e. The number of rotatable bonds is 5. The smallest absolute Gasteiger partial charge is 0.140 e. The number of nitrogens with zero attached hydrogens (tertiary/aromatic N) is 1. The van der Waals surface area contributed by atoms with Gasteiger partial charge in [-0.25, -0.2) is 0 Å². The van der Waals surface area contributed by atoms with E-state index >= 15 is 0 Å². The average molecular weight is 333 g/mol. The number of nitrogens with one attached hydrogen (secondary N) is 1. The number of hydrogen-bond donors (Lipinski definition) is 1. The Morgan fingerprint density at radius 2 is 2.18 bits per heavy atom. The molecule has 1 N–H and O–H groups in total. The molecule has 0 atom stereocenters. The Kier molecular flexibility index (Phi) is 5.92. The molecule has 1 aromatic heterocycles. The van der Waals surface area contributed by atoms with Crippen molar-refractivity contribution >= 4 is 34.5 Å². The van der Waals surface area contributed by atoms with E-state index < -0.39 is 0 Å². The van der Waals surface area contributed by atoms with Crippen molar-refractivity contribution in [3.05, 3.63) is 65.0 Å². The minimum atomic E-state index is 0.485. The van der Waals surface area contributed by atoms with Crippen molar-refractivity contribution in [3.63, 3.8) is 0 Å². The summed E-state index contributed by atoms with van der Waals surface area (Å²) in [7, 11) is 0. The number of aromatic nitrogens is 1. The van der Waals surface area contributed by atoms with E-state index in [0.717, 1.165) is 11.3 Å². The minimum absolute atomic E-state index is 0.485. The van der Waals surface area contributed by atoms with Gasteiger partial charge in [-0.2, -0.15) is 0 Å². The number of thiocarbonyl (C=S) groups is 1. The zero-order valence-electron chi connectivity index (χ0n) is 12.5. The van der Waals surface area contributed by atoms with Crippen molar-refractivity contribution in [2.75, 3.05) is 11.9 Å². The molecule has 0 radical (unpaired) electrons. The van der Waals surface area contributed by atoms with Gasteiger partial charge in [0.25, 0.3) is 0 Å². The quantitative estimate of drug-likeness (QED) is 0.626. The van der Waals surface area contributed by atoms with Gasteiger partial charge >= 0.3 is 0 Å². The topological polar surface area (TPSA) is 34.1 Å². The molecule has 0 aliphatic carbocycles. The highest BCUT2D eigenvalue weighted by Crippen LogP contribution is 2.28. The first-order valence-corrected chi connectivity index (χ1v) is 7.62. The van der Waals surface area contributed by atoms with Crippen LogP contribution in [0.4, 0.5) is 5.69 Å². The van der Waals surface area contributed by atoms with E-state index in [0.29, 0.717) is 22.4 Å². The summed E-state index contributed by atoms with van der Waals surface area (Å²) < 4.78 is 5.67. The fraction of sp³-hybridized carbons (Fsp3) is 0.176. The first kappa shape index (κ1) is 16.5. The van der Waals surface area contributed by atoms with Crippen LogP contribution in [0.25, 0.3) is 0 Å². The summed E-state index contributed by atoms with van der Waals surface area (Å²) >= 11 is 11.5. The number of pyridine rings is 1. The van der Waals surface area contributed by atoms with Crippen LogP contribution >= 0.6 is 23.8 Å². The van der Waals surface area contributed by atoms with E-state index in [4.69, 9.17) is 28.6 Å². The van der Waals surface area contributed by atoms with Crippen LogP contribution in [-0.4, -0.2) is 16.6 Å². The van der Waals surface area contributed by atoms with Crippen LogP contribution in [0.2, 0.25) is 5.02 Å². The predicted molar refractivity (Wildman–Crippen MR) is 95.9 cm³/mol. The number of benzene rings is 1. The molecule has 2 rings (SSSR count). The van der Waals surface area contributed by atoms with Crippen molar-refractivity contribution in [2.24, 2.45) is 0 Å². The number of halogens is 1. The summed E-state index contributed by atoms with van der Waals surface area (Å²) in [6, 6.07) is 9.24. The van der Waals surface area contributed by atoms with Crippen molar-refractivity contribution < 1.29 is 4.74 Å². The maximum atomic E-state index is 6.15. The maximum absolute atomic E-state index is 6.15. The van der Waals surface area contributed by atoms with E-state index in [1.54, 1.807) is 18.5 Å².